The first-order valence-corrected chi connectivity index (χ1v) is 14.9. The van der Waals surface area contributed by atoms with Crippen molar-refractivity contribution in [2.24, 2.45) is 0 Å². The molecule has 0 aromatic heterocycles. The molecule has 196 valence electrons. The zero-order valence-corrected chi connectivity index (χ0v) is 23.5. The highest BCUT2D eigenvalue weighted by Gasteiger charge is 2.30. The summed E-state index contributed by atoms with van der Waals surface area (Å²) in [7, 11) is 0. The van der Waals surface area contributed by atoms with Crippen LogP contribution in [0.25, 0.3) is 0 Å². The molecule has 0 saturated carbocycles. The van der Waals surface area contributed by atoms with E-state index in [0.717, 1.165) is 5.56 Å². The molecule has 0 atom stereocenters. The van der Waals surface area contributed by atoms with E-state index in [1.54, 1.807) is 0 Å². The molecule has 0 saturated heterocycles. The van der Waals surface area contributed by atoms with Crippen molar-refractivity contribution in [2.75, 3.05) is 0 Å². The first kappa shape index (κ1) is 29.5. The number of phenols is 1. The minimum Gasteiger partial charge on any atom is -0.508 e. The highest BCUT2D eigenvalue weighted by atomic mass is 16.3. The fraction of sp³-hybridized carbons (Fsp3) is 0.647. The third kappa shape index (κ3) is 10.0. The van der Waals surface area contributed by atoms with Crippen molar-refractivity contribution in [1.29, 1.82) is 0 Å². The van der Waals surface area contributed by atoms with Gasteiger partial charge in [-0.25, -0.2) is 0 Å². The smallest absolute Gasteiger partial charge is 0.119 e. The summed E-state index contributed by atoms with van der Waals surface area (Å²) in [5, 5.41) is 10.7. The van der Waals surface area contributed by atoms with Crippen molar-refractivity contribution in [3.63, 3.8) is 0 Å². The summed E-state index contributed by atoms with van der Waals surface area (Å²) in [5.74, 6) is 1.02. The number of benzene rings is 2. The van der Waals surface area contributed by atoms with E-state index in [0.29, 0.717) is 11.7 Å². The Hall–Kier alpha value is -1.76. The van der Waals surface area contributed by atoms with E-state index >= 15 is 0 Å². The second-order valence-corrected chi connectivity index (χ2v) is 11.2. The average molecular weight is 479 g/mol. The SMILES string of the molecule is CCCCCCCCCC(CCCCCCCCC)c1ccccc1C(C)(C)c1ccccc1O. The van der Waals surface area contributed by atoms with Crippen LogP contribution in [0.4, 0.5) is 0 Å². The fourth-order valence-corrected chi connectivity index (χ4v) is 5.72. The van der Waals surface area contributed by atoms with Crippen LogP contribution in [0.5, 0.6) is 5.75 Å². The molecular formula is C34H54O. The van der Waals surface area contributed by atoms with E-state index in [4.69, 9.17) is 0 Å². The monoisotopic (exact) mass is 478 g/mol. The third-order valence-electron chi connectivity index (χ3n) is 7.96. The summed E-state index contributed by atoms with van der Waals surface area (Å²) in [5.41, 5.74) is 3.70. The van der Waals surface area contributed by atoms with Gasteiger partial charge in [-0.2, -0.15) is 0 Å². The Morgan fingerprint density at radius 1 is 0.571 bits per heavy atom. The van der Waals surface area contributed by atoms with E-state index in [1.165, 1.54) is 114 Å². The lowest BCUT2D eigenvalue weighted by Gasteiger charge is -2.32. The molecule has 2 aromatic rings. The maximum absolute atomic E-state index is 10.7. The molecule has 0 radical (unpaired) electrons. The molecule has 1 heteroatoms. The zero-order valence-electron chi connectivity index (χ0n) is 23.5. The highest BCUT2D eigenvalue weighted by molar-refractivity contribution is 5.48. The number of rotatable bonds is 19. The van der Waals surface area contributed by atoms with Crippen molar-refractivity contribution >= 4 is 0 Å². The molecule has 2 aromatic carbocycles. The Bertz CT molecular complexity index is 788. The molecule has 0 fully saturated rings. The molecule has 1 nitrogen and oxygen atoms in total. The molecule has 0 heterocycles. The molecule has 0 aliphatic rings. The predicted octanol–water partition coefficient (Wildman–Crippen LogP) is 11.1. The Morgan fingerprint density at radius 3 is 1.51 bits per heavy atom. The molecule has 0 spiro atoms. The average Bonchev–Trinajstić information content (AvgIpc) is 2.86. The largest absolute Gasteiger partial charge is 0.508 e. The first-order chi connectivity index (χ1) is 17.0. The lowest BCUT2D eigenvalue weighted by molar-refractivity contribution is 0.448. The van der Waals surface area contributed by atoms with Gasteiger partial charge in [-0.1, -0.05) is 160 Å². The highest BCUT2D eigenvalue weighted by Crippen LogP contribution is 2.42. The van der Waals surface area contributed by atoms with Crippen molar-refractivity contribution < 1.29 is 5.11 Å². The predicted molar refractivity (Wildman–Crippen MR) is 155 cm³/mol. The van der Waals surface area contributed by atoms with E-state index in [-0.39, 0.29) is 5.41 Å². The van der Waals surface area contributed by atoms with Crippen molar-refractivity contribution in [2.45, 2.75) is 142 Å². The lowest BCUT2D eigenvalue weighted by Crippen LogP contribution is -2.22. The lowest BCUT2D eigenvalue weighted by atomic mass is 9.72. The van der Waals surface area contributed by atoms with Crippen molar-refractivity contribution in [3.05, 3.63) is 65.2 Å². The van der Waals surface area contributed by atoms with Gasteiger partial charge in [0.2, 0.25) is 0 Å². The minimum absolute atomic E-state index is 0.222. The summed E-state index contributed by atoms with van der Waals surface area (Å²) < 4.78 is 0. The van der Waals surface area contributed by atoms with E-state index in [1.807, 2.05) is 18.2 Å². The van der Waals surface area contributed by atoms with Gasteiger partial charge in [0.15, 0.2) is 0 Å². The van der Waals surface area contributed by atoms with Gasteiger partial charge in [0, 0.05) is 11.0 Å². The normalized spacial score (nSPS) is 11.9. The van der Waals surface area contributed by atoms with Crippen LogP contribution in [0.15, 0.2) is 48.5 Å². The number of unbranched alkanes of at least 4 members (excludes halogenated alkanes) is 12. The second-order valence-electron chi connectivity index (χ2n) is 11.2. The topological polar surface area (TPSA) is 20.2 Å². The van der Waals surface area contributed by atoms with Crippen molar-refractivity contribution in [1.82, 2.24) is 0 Å². The van der Waals surface area contributed by atoms with Crippen LogP contribution >= 0.6 is 0 Å². The van der Waals surface area contributed by atoms with Gasteiger partial charge in [0.05, 0.1) is 0 Å². The van der Waals surface area contributed by atoms with Gasteiger partial charge >= 0.3 is 0 Å². The van der Waals surface area contributed by atoms with Gasteiger partial charge in [-0.3, -0.25) is 0 Å². The van der Waals surface area contributed by atoms with Crippen LogP contribution in [0.3, 0.4) is 0 Å². The van der Waals surface area contributed by atoms with Crippen LogP contribution in [0.2, 0.25) is 0 Å². The number of hydrogen-bond acceptors (Lipinski definition) is 1. The standard InChI is InChI=1S/C34H54O/c1-5-7-9-11-13-15-17-23-29(24-18-16-14-12-10-8-6-2)30-25-19-20-26-31(30)34(3,4)32-27-21-22-28-33(32)35/h19-22,25-29,35H,5-18,23-24H2,1-4H3. The summed E-state index contributed by atoms with van der Waals surface area (Å²) in [6.07, 6.45) is 21.7. The van der Waals surface area contributed by atoms with Gasteiger partial charge in [0.1, 0.15) is 5.75 Å². The molecule has 2 rings (SSSR count). The Balaban J connectivity index is 2.11. The maximum atomic E-state index is 10.7. The molecule has 0 aliphatic heterocycles. The number of phenolic OH excluding ortho intramolecular Hbond substituents is 1. The molecule has 0 unspecified atom stereocenters. The molecule has 1 N–H and O–H groups in total. The van der Waals surface area contributed by atoms with E-state index in [9.17, 15) is 5.11 Å². The Labute approximate surface area is 217 Å². The van der Waals surface area contributed by atoms with Crippen LogP contribution in [-0.4, -0.2) is 5.11 Å². The first-order valence-electron chi connectivity index (χ1n) is 14.9. The quantitative estimate of drug-likeness (QED) is 0.199. The van der Waals surface area contributed by atoms with E-state index < -0.39 is 0 Å². The number of hydrogen-bond donors (Lipinski definition) is 1. The molecule has 0 bridgehead atoms. The van der Waals surface area contributed by atoms with Crippen molar-refractivity contribution in [3.8, 4) is 5.75 Å². The Morgan fingerprint density at radius 2 is 1.00 bits per heavy atom. The maximum Gasteiger partial charge on any atom is 0.119 e. The van der Waals surface area contributed by atoms with Crippen LogP contribution in [-0.2, 0) is 5.41 Å². The van der Waals surface area contributed by atoms with Gasteiger partial charge < -0.3 is 5.11 Å². The van der Waals surface area contributed by atoms with Gasteiger partial charge in [-0.05, 0) is 36.0 Å². The number of para-hydroxylation sites is 1. The summed E-state index contributed by atoms with van der Waals surface area (Å²) in [6, 6.07) is 17.0. The van der Waals surface area contributed by atoms with Crippen LogP contribution in [0, 0.1) is 0 Å². The number of aromatic hydroxyl groups is 1. The van der Waals surface area contributed by atoms with Crippen LogP contribution in [0.1, 0.15) is 153 Å². The summed E-state index contributed by atoms with van der Waals surface area (Å²) in [6.45, 7) is 9.14. The van der Waals surface area contributed by atoms with Gasteiger partial charge in [-0.15, -0.1) is 0 Å². The summed E-state index contributed by atoms with van der Waals surface area (Å²) >= 11 is 0. The minimum atomic E-state index is -0.222. The molecule has 35 heavy (non-hydrogen) atoms. The molecule has 0 amide bonds. The fourth-order valence-electron chi connectivity index (χ4n) is 5.72. The second kappa shape index (κ2) is 16.8. The zero-order chi connectivity index (χ0) is 25.4. The van der Waals surface area contributed by atoms with Gasteiger partial charge in [0.25, 0.3) is 0 Å². The summed E-state index contributed by atoms with van der Waals surface area (Å²) in [4.78, 5) is 0. The Kier molecular flexibility index (Phi) is 14.2. The molecule has 0 aliphatic carbocycles. The van der Waals surface area contributed by atoms with Crippen LogP contribution < -0.4 is 0 Å². The van der Waals surface area contributed by atoms with E-state index in [2.05, 4.69) is 58.0 Å². The molecular weight excluding hydrogens is 424 g/mol. The third-order valence-corrected chi connectivity index (χ3v) is 7.96.